The van der Waals surface area contributed by atoms with Crippen molar-refractivity contribution in [3.63, 3.8) is 0 Å². The zero-order valence-corrected chi connectivity index (χ0v) is 17.2. The summed E-state index contributed by atoms with van der Waals surface area (Å²) in [6.07, 6.45) is 1.07. The lowest BCUT2D eigenvalue weighted by molar-refractivity contribution is -0.119. The van der Waals surface area contributed by atoms with Gasteiger partial charge < -0.3 is 9.84 Å². The zero-order chi connectivity index (χ0) is 21.0. The monoisotopic (exact) mass is 414 g/mol. The van der Waals surface area contributed by atoms with Crippen molar-refractivity contribution in [2.75, 3.05) is 17.1 Å². The van der Waals surface area contributed by atoms with E-state index in [0.717, 1.165) is 27.3 Å². The van der Waals surface area contributed by atoms with E-state index >= 15 is 0 Å². The lowest BCUT2D eigenvalue weighted by Crippen LogP contribution is -2.40. The van der Waals surface area contributed by atoms with E-state index in [9.17, 15) is 13.2 Å². The van der Waals surface area contributed by atoms with Crippen molar-refractivity contribution in [2.24, 2.45) is 0 Å². The molecular weight excluding hydrogens is 392 g/mol. The van der Waals surface area contributed by atoms with Gasteiger partial charge in [-0.15, -0.1) is 0 Å². The van der Waals surface area contributed by atoms with Gasteiger partial charge in [0.25, 0.3) is 0 Å². The number of carbonyl (C=O) groups is 1. The molecule has 0 saturated carbocycles. The topological polar surface area (TPSA) is 105 Å². The number of anilines is 1. The van der Waals surface area contributed by atoms with Crippen molar-refractivity contribution in [2.45, 2.75) is 20.4 Å². The van der Waals surface area contributed by atoms with Crippen molar-refractivity contribution in [1.82, 2.24) is 15.5 Å². The fourth-order valence-electron chi connectivity index (χ4n) is 2.67. The number of carbonyl (C=O) groups excluding carboxylic acids is 1. The Labute approximate surface area is 169 Å². The van der Waals surface area contributed by atoms with Gasteiger partial charge in [0.05, 0.1) is 18.5 Å². The molecule has 3 aromatic rings. The zero-order valence-electron chi connectivity index (χ0n) is 16.4. The number of nitrogens with one attached hydrogen (secondary N) is 1. The van der Waals surface area contributed by atoms with Crippen LogP contribution in [0.4, 0.5) is 5.69 Å². The summed E-state index contributed by atoms with van der Waals surface area (Å²) in [5.74, 6) is 0.171. The second-order valence-corrected chi connectivity index (χ2v) is 8.60. The molecule has 9 heteroatoms. The van der Waals surface area contributed by atoms with E-state index in [2.05, 4.69) is 15.5 Å². The summed E-state index contributed by atoms with van der Waals surface area (Å²) in [4.78, 5) is 16.6. The third kappa shape index (κ3) is 5.20. The molecule has 0 unspecified atom stereocenters. The van der Waals surface area contributed by atoms with Crippen LogP contribution < -0.4 is 9.62 Å². The molecule has 0 aliphatic rings. The Hall–Kier alpha value is -3.20. The first kappa shape index (κ1) is 20.5. The van der Waals surface area contributed by atoms with Gasteiger partial charge in [0.2, 0.25) is 27.6 Å². The molecule has 0 radical (unpaired) electrons. The van der Waals surface area contributed by atoms with Crippen LogP contribution >= 0.6 is 0 Å². The highest BCUT2D eigenvalue weighted by atomic mass is 32.2. The largest absolute Gasteiger partial charge is 0.345 e. The van der Waals surface area contributed by atoms with E-state index in [0.29, 0.717) is 11.5 Å². The van der Waals surface area contributed by atoms with Crippen LogP contribution in [-0.2, 0) is 21.4 Å². The summed E-state index contributed by atoms with van der Waals surface area (Å²) in [5.41, 5.74) is 3.22. The fourth-order valence-corrected chi connectivity index (χ4v) is 3.52. The predicted molar refractivity (Wildman–Crippen MR) is 110 cm³/mol. The maximum absolute atomic E-state index is 12.4. The summed E-state index contributed by atoms with van der Waals surface area (Å²) < 4.78 is 30.6. The van der Waals surface area contributed by atoms with Crippen LogP contribution in [0.1, 0.15) is 17.0 Å². The van der Waals surface area contributed by atoms with Crippen molar-refractivity contribution in [3.05, 3.63) is 65.5 Å². The lowest BCUT2D eigenvalue weighted by Gasteiger charge is -2.22. The van der Waals surface area contributed by atoms with Gasteiger partial charge in [-0.05, 0) is 37.1 Å². The molecule has 1 aromatic heterocycles. The molecule has 0 saturated heterocycles. The number of hydrogen-bond donors (Lipinski definition) is 1. The smallest absolute Gasteiger partial charge is 0.246 e. The van der Waals surface area contributed by atoms with E-state index in [1.807, 2.05) is 50.2 Å². The lowest BCUT2D eigenvalue weighted by atomic mass is 10.1. The molecule has 3 rings (SSSR count). The fraction of sp³-hybridized carbons (Fsp3) is 0.250. The molecule has 29 heavy (non-hydrogen) atoms. The Balaban J connectivity index is 1.67. The van der Waals surface area contributed by atoms with Crippen LogP contribution in [-0.4, -0.2) is 37.3 Å². The van der Waals surface area contributed by atoms with Crippen LogP contribution in [0.25, 0.3) is 11.4 Å². The van der Waals surface area contributed by atoms with Crippen molar-refractivity contribution >= 4 is 21.6 Å². The predicted octanol–water partition coefficient (Wildman–Crippen LogP) is 2.44. The minimum absolute atomic E-state index is 0.00317. The SMILES string of the molecule is Cc1ccc(N(CC(=O)NCc2nc(-c3ccccc3)no2)S(C)(=O)=O)cc1C. The standard InChI is InChI=1S/C20H22N4O4S/c1-14-9-10-17(11-15(14)2)24(29(3,26)27)13-18(25)21-12-19-22-20(23-28-19)16-7-5-4-6-8-16/h4-11H,12-13H2,1-3H3,(H,21,25). The van der Waals surface area contributed by atoms with Gasteiger partial charge in [-0.3, -0.25) is 9.10 Å². The summed E-state index contributed by atoms with van der Waals surface area (Å²) in [6, 6.07) is 14.5. The highest BCUT2D eigenvalue weighted by Gasteiger charge is 2.21. The van der Waals surface area contributed by atoms with Crippen LogP contribution in [0.3, 0.4) is 0 Å². The molecule has 1 heterocycles. The molecule has 0 aliphatic carbocycles. The van der Waals surface area contributed by atoms with E-state index in [4.69, 9.17) is 4.52 Å². The highest BCUT2D eigenvalue weighted by molar-refractivity contribution is 7.92. The van der Waals surface area contributed by atoms with Gasteiger partial charge >= 0.3 is 0 Å². The molecule has 0 bridgehead atoms. The summed E-state index contributed by atoms with van der Waals surface area (Å²) >= 11 is 0. The van der Waals surface area contributed by atoms with Crippen LogP contribution in [0.5, 0.6) is 0 Å². The minimum atomic E-state index is -3.64. The van der Waals surface area contributed by atoms with Gasteiger partial charge in [0.1, 0.15) is 6.54 Å². The number of nitrogens with zero attached hydrogens (tertiary/aromatic N) is 3. The summed E-state index contributed by atoms with van der Waals surface area (Å²) in [6.45, 7) is 3.48. The maximum Gasteiger partial charge on any atom is 0.246 e. The third-order valence-corrected chi connectivity index (χ3v) is 5.54. The molecule has 0 atom stereocenters. The Morgan fingerprint density at radius 2 is 1.83 bits per heavy atom. The highest BCUT2D eigenvalue weighted by Crippen LogP contribution is 2.21. The Kier molecular flexibility index (Phi) is 5.97. The third-order valence-electron chi connectivity index (χ3n) is 4.40. The van der Waals surface area contributed by atoms with Gasteiger partial charge in [0, 0.05) is 5.56 Å². The first-order chi connectivity index (χ1) is 13.7. The number of aromatic nitrogens is 2. The molecule has 1 amide bonds. The second-order valence-electron chi connectivity index (χ2n) is 6.69. The number of sulfonamides is 1. The van der Waals surface area contributed by atoms with Gasteiger partial charge in [0.15, 0.2) is 0 Å². The number of amides is 1. The molecule has 152 valence electrons. The van der Waals surface area contributed by atoms with Crippen LogP contribution in [0.15, 0.2) is 53.1 Å². The normalized spacial score (nSPS) is 11.3. The number of benzene rings is 2. The summed E-state index contributed by atoms with van der Waals surface area (Å²) in [5, 5.41) is 6.51. The van der Waals surface area contributed by atoms with Gasteiger partial charge in [-0.2, -0.15) is 4.98 Å². The second kappa shape index (κ2) is 8.44. The van der Waals surface area contributed by atoms with Crippen molar-refractivity contribution in [3.8, 4) is 11.4 Å². The Morgan fingerprint density at radius 1 is 1.10 bits per heavy atom. The first-order valence-electron chi connectivity index (χ1n) is 8.94. The van der Waals surface area contributed by atoms with Crippen molar-refractivity contribution in [1.29, 1.82) is 0 Å². The van der Waals surface area contributed by atoms with E-state index in [-0.39, 0.29) is 19.0 Å². The molecule has 8 nitrogen and oxygen atoms in total. The summed E-state index contributed by atoms with van der Waals surface area (Å²) in [7, 11) is -3.64. The molecular formula is C20H22N4O4S. The van der Waals surface area contributed by atoms with E-state index < -0.39 is 15.9 Å². The first-order valence-corrected chi connectivity index (χ1v) is 10.8. The van der Waals surface area contributed by atoms with E-state index in [1.54, 1.807) is 12.1 Å². The minimum Gasteiger partial charge on any atom is -0.345 e. The quantitative estimate of drug-likeness (QED) is 0.637. The molecule has 0 fully saturated rings. The average Bonchev–Trinajstić information content (AvgIpc) is 3.16. The molecule has 1 N–H and O–H groups in total. The molecule has 2 aromatic carbocycles. The molecule has 0 aliphatic heterocycles. The van der Waals surface area contributed by atoms with Crippen LogP contribution in [0.2, 0.25) is 0 Å². The van der Waals surface area contributed by atoms with Gasteiger partial charge in [-0.25, -0.2) is 8.42 Å². The van der Waals surface area contributed by atoms with E-state index in [1.165, 1.54) is 0 Å². The number of rotatable bonds is 7. The van der Waals surface area contributed by atoms with Crippen molar-refractivity contribution < 1.29 is 17.7 Å². The molecule has 0 spiro atoms. The van der Waals surface area contributed by atoms with Gasteiger partial charge in [-0.1, -0.05) is 41.6 Å². The number of aryl methyl sites for hydroxylation is 2. The maximum atomic E-state index is 12.4. The number of hydrogen-bond acceptors (Lipinski definition) is 6. The Morgan fingerprint density at radius 3 is 2.48 bits per heavy atom. The Bertz CT molecular complexity index is 1110. The average molecular weight is 414 g/mol. The van der Waals surface area contributed by atoms with Crippen LogP contribution in [0, 0.1) is 13.8 Å².